The second-order valence-corrected chi connectivity index (χ2v) is 6.79. The van der Waals surface area contributed by atoms with Crippen molar-refractivity contribution in [3.05, 3.63) is 0 Å². The maximum Gasteiger partial charge on any atom is 0.0128 e. The van der Waals surface area contributed by atoms with Crippen LogP contribution in [0.2, 0.25) is 0 Å². The molecule has 0 aromatic rings. The molecule has 0 radical (unpaired) electrons. The predicted molar refractivity (Wildman–Crippen MR) is 76.4 cm³/mol. The summed E-state index contributed by atoms with van der Waals surface area (Å²) in [6, 6.07) is 0.645. The zero-order chi connectivity index (χ0) is 12.9. The van der Waals surface area contributed by atoms with Gasteiger partial charge in [-0.1, -0.05) is 34.6 Å². The molecule has 2 nitrogen and oxygen atoms in total. The molecular weight excluding hydrogens is 208 g/mol. The van der Waals surface area contributed by atoms with Crippen molar-refractivity contribution in [1.82, 2.24) is 10.2 Å². The standard InChI is InChI=1S/C15H32N2/c1-6-16-14(15(3,4)5)9-12-17-10-7-13(2)8-11-17/h13-14,16H,6-12H2,1-5H3. The number of hydrogen-bond acceptors (Lipinski definition) is 2. The maximum atomic E-state index is 3.64. The van der Waals surface area contributed by atoms with E-state index < -0.39 is 0 Å². The van der Waals surface area contributed by atoms with Crippen molar-refractivity contribution < 1.29 is 0 Å². The van der Waals surface area contributed by atoms with Crippen molar-refractivity contribution in [2.24, 2.45) is 11.3 Å². The highest BCUT2D eigenvalue weighted by molar-refractivity contribution is 4.82. The zero-order valence-electron chi connectivity index (χ0n) is 12.6. The highest BCUT2D eigenvalue weighted by Crippen LogP contribution is 2.23. The minimum absolute atomic E-state index is 0.374. The third-order valence-electron chi connectivity index (χ3n) is 4.11. The van der Waals surface area contributed by atoms with Gasteiger partial charge in [0.25, 0.3) is 0 Å². The first-order valence-corrected chi connectivity index (χ1v) is 7.39. The number of rotatable bonds is 5. The van der Waals surface area contributed by atoms with Crippen molar-refractivity contribution in [3.63, 3.8) is 0 Å². The van der Waals surface area contributed by atoms with Gasteiger partial charge < -0.3 is 10.2 Å². The fourth-order valence-corrected chi connectivity index (χ4v) is 2.69. The molecule has 0 aromatic heterocycles. The van der Waals surface area contributed by atoms with Gasteiger partial charge in [-0.2, -0.15) is 0 Å². The molecule has 0 saturated carbocycles. The minimum Gasteiger partial charge on any atom is -0.314 e. The van der Waals surface area contributed by atoms with Crippen molar-refractivity contribution in [2.45, 2.75) is 59.9 Å². The SMILES string of the molecule is CCNC(CCN1CCC(C)CC1)C(C)(C)C. The second-order valence-electron chi connectivity index (χ2n) is 6.79. The smallest absolute Gasteiger partial charge is 0.0128 e. The van der Waals surface area contributed by atoms with Gasteiger partial charge in [-0.25, -0.2) is 0 Å². The van der Waals surface area contributed by atoms with Crippen LogP contribution in [0.5, 0.6) is 0 Å². The Morgan fingerprint density at radius 3 is 2.29 bits per heavy atom. The van der Waals surface area contributed by atoms with Crippen LogP contribution < -0.4 is 5.32 Å². The first-order chi connectivity index (χ1) is 7.93. The van der Waals surface area contributed by atoms with Gasteiger partial charge in [0, 0.05) is 6.04 Å². The predicted octanol–water partition coefficient (Wildman–Crippen LogP) is 3.13. The number of hydrogen-bond donors (Lipinski definition) is 1. The molecule has 2 heteroatoms. The largest absolute Gasteiger partial charge is 0.314 e. The zero-order valence-corrected chi connectivity index (χ0v) is 12.6. The third-order valence-corrected chi connectivity index (χ3v) is 4.11. The number of nitrogens with one attached hydrogen (secondary N) is 1. The van der Waals surface area contributed by atoms with Crippen LogP contribution in [0.3, 0.4) is 0 Å². The highest BCUT2D eigenvalue weighted by Gasteiger charge is 2.24. The van der Waals surface area contributed by atoms with Crippen LogP contribution in [-0.4, -0.2) is 37.1 Å². The van der Waals surface area contributed by atoms with E-state index in [2.05, 4.69) is 44.8 Å². The summed E-state index contributed by atoms with van der Waals surface area (Å²) in [5.41, 5.74) is 0.374. The Labute approximate surface area is 108 Å². The lowest BCUT2D eigenvalue weighted by Gasteiger charge is -2.35. The molecule has 102 valence electrons. The molecule has 1 fully saturated rings. The van der Waals surface area contributed by atoms with E-state index in [9.17, 15) is 0 Å². The summed E-state index contributed by atoms with van der Waals surface area (Å²) in [5.74, 6) is 0.943. The van der Waals surface area contributed by atoms with E-state index in [1.807, 2.05) is 0 Å². The molecule has 0 bridgehead atoms. The molecule has 1 aliphatic heterocycles. The molecule has 1 rings (SSSR count). The van der Waals surface area contributed by atoms with Crippen LogP contribution in [0.1, 0.15) is 53.9 Å². The van der Waals surface area contributed by atoms with E-state index >= 15 is 0 Å². The monoisotopic (exact) mass is 240 g/mol. The maximum absolute atomic E-state index is 3.64. The number of nitrogens with zero attached hydrogens (tertiary/aromatic N) is 1. The van der Waals surface area contributed by atoms with Crippen LogP contribution in [-0.2, 0) is 0 Å². The summed E-state index contributed by atoms with van der Waals surface area (Å²) >= 11 is 0. The average molecular weight is 240 g/mol. The molecule has 1 atom stereocenters. The summed E-state index contributed by atoms with van der Waals surface area (Å²) in [5, 5.41) is 3.64. The van der Waals surface area contributed by atoms with Crippen LogP contribution in [0.4, 0.5) is 0 Å². The van der Waals surface area contributed by atoms with E-state index in [1.54, 1.807) is 0 Å². The van der Waals surface area contributed by atoms with Crippen molar-refractivity contribution >= 4 is 0 Å². The topological polar surface area (TPSA) is 15.3 Å². The molecule has 17 heavy (non-hydrogen) atoms. The van der Waals surface area contributed by atoms with Gasteiger partial charge in [-0.05, 0) is 56.8 Å². The Hall–Kier alpha value is -0.0800. The summed E-state index contributed by atoms with van der Waals surface area (Å²) in [6.45, 7) is 16.6. The lowest BCUT2D eigenvalue weighted by atomic mass is 9.84. The van der Waals surface area contributed by atoms with E-state index in [4.69, 9.17) is 0 Å². The van der Waals surface area contributed by atoms with Crippen molar-refractivity contribution in [2.75, 3.05) is 26.2 Å². The first-order valence-electron chi connectivity index (χ1n) is 7.39. The van der Waals surface area contributed by atoms with Gasteiger partial charge in [0.15, 0.2) is 0 Å². The fourth-order valence-electron chi connectivity index (χ4n) is 2.69. The van der Waals surface area contributed by atoms with Crippen LogP contribution in [0.15, 0.2) is 0 Å². The third kappa shape index (κ3) is 5.39. The van der Waals surface area contributed by atoms with Gasteiger partial charge in [-0.3, -0.25) is 0 Å². The molecule has 1 unspecified atom stereocenters. The Balaban J connectivity index is 2.31. The summed E-state index contributed by atoms with van der Waals surface area (Å²) in [7, 11) is 0. The molecule has 1 saturated heterocycles. The summed E-state index contributed by atoms with van der Waals surface area (Å²) in [4.78, 5) is 2.65. The van der Waals surface area contributed by atoms with Gasteiger partial charge >= 0.3 is 0 Å². The van der Waals surface area contributed by atoms with E-state index in [-0.39, 0.29) is 0 Å². The number of likely N-dealkylation sites (tertiary alicyclic amines) is 1. The van der Waals surface area contributed by atoms with Gasteiger partial charge in [0.1, 0.15) is 0 Å². The van der Waals surface area contributed by atoms with E-state index in [1.165, 1.54) is 38.9 Å². The Morgan fingerprint density at radius 2 is 1.82 bits per heavy atom. The molecule has 0 aliphatic carbocycles. The van der Waals surface area contributed by atoms with E-state index in [0.29, 0.717) is 11.5 Å². The summed E-state index contributed by atoms with van der Waals surface area (Å²) in [6.07, 6.45) is 4.06. The highest BCUT2D eigenvalue weighted by atomic mass is 15.1. The molecule has 0 aromatic carbocycles. The lowest BCUT2D eigenvalue weighted by Crippen LogP contribution is -2.43. The molecule has 1 aliphatic rings. The number of piperidine rings is 1. The quantitative estimate of drug-likeness (QED) is 0.794. The van der Waals surface area contributed by atoms with Crippen molar-refractivity contribution in [3.8, 4) is 0 Å². The van der Waals surface area contributed by atoms with Gasteiger partial charge in [-0.15, -0.1) is 0 Å². The lowest BCUT2D eigenvalue weighted by molar-refractivity contribution is 0.164. The summed E-state index contributed by atoms with van der Waals surface area (Å²) < 4.78 is 0. The Bertz CT molecular complexity index is 199. The minimum atomic E-state index is 0.374. The molecule has 1 N–H and O–H groups in total. The van der Waals surface area contributed by atoms with Crippen LogP contribution in [0.25, 0.3) is 0 Å². The normalized spacial score (nSPS) is 21.7. The van der Waals surface area contributed by atoms with Crippen LogP contribution in [0, 0.1) is 11.3 Å². The van der Waals surface area contributed by atoms with E-state index in [0.717, 1.165) is 12.5 Å². The first kappa shape index (κ1) is 15.0. The fraction of sp³-hybridized carbons (Fsp3) is 1.00. The Kier molecular flexibility index (Phi) is 5.94. The second kappa shape index (κ2) is 6.75. The van der Waals surface area contributed by atoms with Crippen LogP contribution >= 0.6 is 0 Å². The molecule has 0 spiro atoms. The van der Waals surface area contributed by atoms with Gasteiger partial charge in [0.2, 0.25) is 0 Å². The molecule has 0 amide bonds. The van der Waals surface area contributed by atoms with Crippen molar-refractivity contribution in [1.29, 1.82) is 0 Å². The molecular formula is C15H32N2. The molecule has 1 heterocycles. The average Bonchev–Trinajstić information content (AvgIpc) is 2.25. The van der Waals surface area contributed by atoms with Gasteiger partial charge in [0.05, 0.1) is 0 Å². The Morgan fingerprint density at radius 1 is 1.24 bits per heavy atom.